The number of halogens is 3. The molecule has 16 heavy (non-hydrogen) atoms. The summed E-state index contributed by atoms with van der Waals surface area (Å²) in [5.41, 5.74) is -2.56. The van der Waals surface area contributed by atoms with Crippen molar-refractivity contribution in [2.75, 3.05) is 6.61 Å². The Morgan fingerprint density at radius 3 is 2.31 bits per heavy atom. The first-order valence-corrected chi connectivity index (χ1v) is 4.69. The lowest BCUT2D eigenvalue weighted by Crippen LogP contribution is -2.42. The topological polar surface area (TPSA) is 46.5 Å². The van der Waals surface area contributed by atoms with E-state index in [-0.39, 0.29) is 18.6 Å². The van der Waals surface area contributed by atoms with Gasteiger partial charge in [0.15, 0.2) is 5.60 Å². The van der Waals surface area contributed by atoms with Crippen LogP contribution >= 0.6 is 0 Å². The molecule has 0 fully saturated rings. The fourth-order valence-corrected chi connectivity index (χ4v) is 0.846. The van der Waals surface area contributed by atoms with Crippen LogP contribution in [0.2, 0.25) is 0 Å². The fraction of sp³-hybridized carbons (Fsp3) is 0.700. The summed E-state index contributed by atoms with van der Waals surface area (Å²) in [7, 11) is 0. The predicted octanol–water partition coefficient (Wildman–Crippen LogP) is 2.20. The van der Waals surface area contributed by atoms with Crippen LogP contribution in [-0.2, 0) is 9.53 Å². The Morgan fingerprint density at radius 1 is 1.44 bits per heavy atom. The highest BCUT2D eigenvalue weighted by atomic mass is 19.4. The quantitative estimate of drug-likeness (QED) is 0.455. The van der Waals surface area contributed by atoms with E-state index in [9.17, 15) is 18.0 Å². The maximum atomic E-state index is 12.2. The SMILES string of the molecule is C=C(C)C(=O)OCCCC(C)(O)C(F)(F)F. The molecular formula is C10H15F3O3. The number of carbonyl (C=O) groups excluding carboxylic acids is 1. The number of hydrogen-bond donors (Lipinski definition) is 1. The minimum atomic E-state index is -4.68. The van der Waals surface area contributed by atoms with Crippen LogP contribution in [0, 0.1) is 0 Å². The number of ether oxygens (including phenoxy) is 1. The van der Waals surface area contributed by atoms with E-state index in [4.69, 9.17) is 5.11 Å². The molecule has 0 heterocycles. The Balaban J connectivity index is 3.92. The lowest BCUT2D eigenvalue weighted by molar-refractivity contribution is -0.255. The van der Waals surface area contributed by atoms with Crippen molar-refractivity contribution in [3.05, 3.63) is 12.2 Å². The van der Waals surface area contributed by atoms with E-state index >= 15 is 0 Å². The predicted molar refractivity (Wildman–Crippen MR) is 51.7 cm³/mol. The van der Waals surface area contributed by atoms with Gasteiger partial charge in [0.2, 0.25) is 0 Å². The van der Waals surface area contributed by atoms with Crippen LogP contribution in [0.1, 0.15) is 26.7 Å². The van der Waals surface area contributed by atoms with Crippen molar-refractivity contribution < 1.29 is 27.8 Å². The van der Waals surface area contributed by atoms with Crippen LogP contribution in [0.5, 0.6) is 0 Å². The number of esters is 1. The number of carbonyl (C=O) groups is 1. The molecule has 0 spiro atoms. The molecule has 1 unspecified atom stereocenters. The average Bonchev–Trinajstić information content (AvgIpc) is 2.09. The Kier molecular flexibility index (Phi) is 4.99. The highest BCUT2D eigenvalue weighted by molar-refractivity contribution is 5.86. The second-order valence-electron chi connectivity index (χ2n) is 3.79. The summed E-state index contributed by atoms with van der Waals surface area (Å²) in [5, 5.41) is 9.04. The average molecular weight is 240 g/mol. The van der Waals surface area contributed by atoms with E-state index in [0.717, 1.165) is 0 Å². The molecule has 0 saturated carbocycles. The van der Waals surface area contributed by atoms with Crippen LogP contribution in [-0.4, -0.2) is 29.5 Å². The van der Waals surface area contributed by atoms with E-state index in [2.05, 4.69) is 11.3 Å². The van der Waals surface area contributed by atoms with Gasteiger partial charge in [-0.15, -0.1) is 0 Å². The Bertz CT molecular complexity index is 269. The highest BCUT2D eigenvalue weighted by Gasteiger charge is 2.49. The summed E-state index contributed by atoms with van der Waals surface area (Å²) in [5.74, 6) is -0.647. The molecule has 0 bridgehead atoms. The van der Waals surface area contributed by atoms with E-state index < -0.39 is 24.2 Å². The summed E-state index contributed by atoms with van der Waals surface area (Å²) >= 11 is 0. The molecule has 3 nitrogen and oxygen atoms in total. The van der Waals surface area contributed by atoms with Gasteiger partial charge in [-0.1, -0.05) is 6.58 Å². The Hall–Kier alpha value is -1.04. The molecule has 0 radical (unpaired) electrons. The molecule has 0 aromatic rings. The van der Waals surface area contributed by atoms with Gasteiger partial charge in [0.05, 0.1) is 6.61 Å². The molecular weight excluding hydrogens is 225 g/mol. The molecule has 0 rings (SSSR count). The van der Waals surface area contributed by atoms with Gasteiger partial charge >= 0.3 is 12.1 Å². The lowest BCUT2D eigenvalue weighted by Gasteiger charge is -2.25. The van der Waals surface area contributed by atoms with Crippen molar-refractivity contribution in [2.45, 2.75) is 38.5 Å². The molecule has 1 atom stereocenters. The minimum absolute atomic E-state index is 0.0640. The van der Waals surface area contributed by atoms with Crippen molar-refractivity contribution in [1.29, 1.82) is 0 Å². The number of aliphatic hydroxyl groups is 1. The van der Waals surface area contributed by atoms with Crippen LogP contribution in [0.3, 0.4) is 0 Å². The Morgan fingerprint density at radius 2 is 1.94 bits per heavy atom. The van der Waals surface area contributed by atoms with E-state index in [1.165, 1.54) is 6.92 Å². The van der Waals surface area contributed by atoms with Gasteiger partial charge in [-0.05, 0) is 26.7 Å². The van der Waals surface area contributed by atoms with Crippen molar-refractivity contribution >= 4 is 5.97 Å². The maximum Gasteiger partial charge on any atom is 0.416 e. The zero-order chi connectivity index (χ0) is 13.0. The van der Waals surface area contributed by atoms with Crippen molar-refractivity contribution in [2.24, 2.45) is 0 Å². The number of alkyl halides is 3. The van der Waals surface area contributed by atoms with Gasteiger partial charge in [-0.25, -0.2) is 4.79 Å². The molecule has 0 aromatic carbocycles. The zero-order valence-corrected chi connectivity index (χ0v) is 9.23. The first-order chi connectivity index (χ1) is 7.08. The third-order valence-corrected chi connectivity index (χ3v) is 2.00. The van der Waals surface area contributed by atoms with Gasteiger partial charge in [0.1, 0.15) is 0 Å². The second kappa shape index (κ2) is 5.34. The summed E-state index contributed by atoms with van der Waals surface area (Å²) < 4.78 is 41.1. The van der Waals surface area contributed by atoms with Crippen molar-refractivity contribution in [1.82, 2.24) is 0 Å². The summed E-state index contributed by atoms with van der Waals surface area (Å²) in [4.78, 5) is 10.9. The zero-order valence-electron chi connectivity index (χ0n) is 9.23. The van der Waals surface area contributed by atoms with E-state index in [0.29, 0.717) is 6.92 Å². The third kappa shape index (κ3) is 4.65. The molecule has 0 amide bonds. The summed E-state index contributed by atoms with van der Waals surface area (Å²) in [6, 6.07) is 0. The molecule has 0 aliphatic carbocycles. The standard InChI is InChI=1S/C10H15F3O3/c1-7(2)8(14)16-6-4-5-9(3,15)10(11,12)13/h15H,1,4-6H2,2-3H3. The van der Waals surface area contributed by atoms with Crippen molar-refractivity contribution in [3.8, 4) is 0 Å². The Labute approximate surface area is 91.9 Å². The monoisotopic (exact) mass is 240 g/mol. The fourth-order valence-electron chi connectivity index (χ4n) is 0.846. The normalized spacial score (nSPS) is 15.4. The summed E-state index contributed by atoms with van der Waals surface area (Å²) in [6.45, 7) is 5.28. The van der Waals surface area contributed by atoms with Gasteiger partial charge in [0, 0.05) is 5.57 Å². The molecule has 0 aliphatic heterocycles. The highest BCUT2D eigenvalue weighted by Crippen LogP contribution is 2.33. The van der Waals surface area contributed by atoms with Gasteiger partial charge in [0.25, 0.3) is 0 Å². The smallest absolute Gasteiger partial charge is 0.416 e. The van der Waals surface area contributed by atoms with Crippen LogP contribution in [0.15, 0.2) is 12.2 Å². The van der Waals surface area contributed by atoms with E-state index in [1.807, 2.05) is 0 Å². The van der Waals surface area contributed by atoms with Crippen LogP contribution in [0.25, 0.3) is 0 Å². The summed E-state index contributed by atoms with van der Waals surface area (Å²) in [6.07, 6.45) is -5.25. The number of rotatable bonds is 5. The minimum Gasteiger partial charge on any atom is -0.462 e. The molecule has 1 N–H and O–H groups in total. The van der Waals surface area contributed by atoms with Gasteiger partial charge in [-0.2, -0.15) is 13.2 Å². The van der Waals surface area contributed by atoms with Crippen molar-refractivity contribution in [3.63, 3.8) is 0 Å². The maximum absolute atomic E-state index is 12.2. The third-order valence-electron chi connectivity index (χ3n) is 2.00. The number of hydrogen-bond acceptors (Lipinski definition) is 3. The molecule has 6 heteroatoms. The van der Waals surface area contributed by atoms with Gasteiger partial charge < -0.3 is 9.84 Å². The van der Waals surface area contributed by atoms with Gasteiger partial charge in [-0.3, -0.25) is 0 Å². The molecule has 0 aliphatic rings. The molecule has 0 aromatic heterocycles. The van der Waals surface area contributed by atoms with E-state index in [1.54, 1.807) is 0 Å². The lowest BCUT2D eigenvalue weighted by atomic mass is 10.0. The first kappa shape index (κ1) is 15.0. The van der Waals surface area contributed by atoms with Crippen LogP contribution < -0.4 is 0 Å². The molecule has 94 valence electrons. The molecule has 0 saturated heterocycles. The largest absolute Gasteiger partial charge is 0.462 e. The first-order valence-electron chi connectivity index (χ1n) is 4.69. The second-order valence-corrected chi connectivity index (χ2v) is 3.79. The van der Waals surface area contributed by atoms with Crippen LogP contribution in [0.4, 0.5) is 13.2 Å².